The number of fused-ring (bicyclic) bond motifs is 7. The van der Waals surface area contributed by atoms with Crippen LogP contribution in [-0.2, 0) is 0 Å². The maximum Gasteiger partial charge on any atom is 0.135 e. The Bertz CT molecular complexity index is 4290. The van der Waals surface area contributed by atoms with E-state index in [1.807, 2.05) is 0 Å². The number of anilines is 5. The van der Waals surface area contributed by atoms with E-state index in [4.69, 9.17) is 4.42 Å². The summed E-state index contributed by atoms with van der Waals surface area (Å²) in [6.07, 6.45) is 8.45. The van der Waals surface area contributed by atoms with Gasteiger partial charge < -0.3 is 18.8 Å². The van der Waals surface area contributed by atoms with Gasteiger partial charge in [-0.2, -0.15) is 0 Å². The van der Waals surface area contributed by atoms with Crippen molar-refractivity contribution < 1.29 is 4.42 Å². The molecule has 1 aliphatic heterocycles. The van der Waals surface area contributed by atoms with Crippen molar-refractivity contribution in [3.8, 4) is 50.2 Å². The highest BCUT2D eigenvalue weighted by Gasteiger charge is 2.20. The number of rotatable bonds is 9. The van der Waals surface area contributed by atoms with Crippen LogP contribution >= 0.6 is 0 Å². The summed E-state index contributed by atoms with van der Waals surface area (Å²) in [4.78, 5) is 4.73. The molecule has 364 valence electrons. The zero-order valence-corrected chi connectivity index (χ0v) is 42.3. The molecule has 3 heterocycles. The number of nitrogens with zero attached hydrogens (tertiary/aromatic N) is 3. The molecule has 13 aromatic rings. The fourth-order valence-electron chi connectivity index (χ4n) is 11.4. The zero-order valence-electron chi connectivity index (χ0n) is 42.3. The maximum atomic E-state index is 6.61. The largest absolute Gasteiger partial charge is 0.456 e. The minimum Gasteiger partial charge on any atom is -0.456 e. The molecule has 1 aliphatic rings. The first kappa shape index (κ1) is 45.5. The molecule has 0 spiro atoms. The van der Waals surface area contributed by atoms with Crippen molar-refractivity contribution in [2.24, 2.45) is 0 Å². The Labute approximate surface area is 448 Å². The molecular formula is C73H51N3O. The summed E-state index contributed by atoms with van der Waals surface area (Å²) in [5.41, 5.74) is 21.7. The van der Waals surface area contributed by atoms with E-state index in [0.717, 1.165) is 100 Å². The van der Waals surface area contributed by atoms with Gasteiger partial charge in [0.2, 0.25) is 0 Å². The monoisotopic (exact) mass is 985 g/mol. The number of aromatic nitrogens is 1. The molecule has 0 amide bonds. The average Bonchev–Trinajstić information content (AvgIpc) is 4.13. The van der Waals surface area contributed by atoms with Crippen LogP contribution in [0, 0.1) is 0 Å². The molecule has 0 fully saturated rings. The van der Waals surface area contributed by atoms with Crippen LogP contribution < -0.4 is 9.80 Å². The van der Waals surface area contributed by atoms with Gasteiger partial charge in [-0.1, -0.05) is 189 Å². The van der Waals surface area contributed by atoms with E-state index < -0.39 is 0 Å². The van der Waals surface area contributed by atoms with Crippen molar-refractivity contribution in [2.75, 3.05) is 16.3 Å². The Morgan fingerprint density at radius 2 is 0.896 bits per heavy atom. The molecule has 0 atom stereocenters. The fraction of sp³-hybridized carbons (Fsp3) is 0.0137. The van der Waals surface area contributed by atoms with E-state index in [-0.39, 0.29) is 0 Å². The van der Waals surface area contributed by atoms with Gasteiger partial charge in [-0.15, -0.1) is 0 Å². The highest BCUT2D eigenvalue weighted by atomic mass is 16.3. The van der Waals surface area contributed by atoms with E-state index in [1.54, 1.807) is 0 Å². The van der Waals surface area contributed by atoms with Crippen molar-refractivity contribution in [1.82, 2.24) is 4.57 Å². The SMILES string of the molecule is C=C1/C=C\C=C/CN(c2ccc3oc4ccc(-c5cc(-c6cccc(N(c7ccc(-c8ccccc8)cc7)c7ccc(-c8ccccc8)cc7)c6)cc(-n6c7ccccc7c7ccccc76)c5)cc4c3c2)c2ccccc21. The lowest BCUT2D eigenvalue weighted by Gasteiger charge is -2.26. The molecule has 14 rings (SSSR count). The minimum atomic E-state index is 0.708. The maximum absolute atomic E-state index is 6.61. The molecule has 0 radical (unpaired) electrons. The quantitative estimate of drug-likeness (QED) is 0.144. The highest BCUT2D eigenvalue weighted by Crippen LogP contribution is 2.43. The van der Waals surface area contributed by atoms with Crippen LogP contribution in [-0.4, -0.2) is 11.1 Å². The second-order valence-electron chi connectivity index (χ2n) is 19.8. The van der Waals surface area contributed by atoms with Crippen LogP contribution in [0.4, 0.5) is 28.4 Å². The Morgan fingerprint density at radius 3 is 1.56 bits per heavy atom. The number of allylic oxidation sites excluding steroid dienone is 4. The second kappa shape index (κ2) is 19.3. The molecule has 77 heavy (non-hydrogen) atoms. The lowest BCUT2D eigenvalue weighted by atomic mass is 9.96. The van der Waals surface area contributed by atoms with Gasteiger partial charge in [0.25, 0.3) is 0 Å². The molecule has 2 aromatic heterocycles. The third-order valence-corrected chi connectivity index (χ3v) is 15.1. The van der Waals surface area contributed by atoms with Crippen LogP contribution in [0.3, 0.4) is 0 Å². The van der Waals surface area contributed by atoms with Crippen LogP contribution in [0.5, 0.6) is 0 Å². The Morgan fingerprint density at radius 1 is 0.364 bits per heavy atom. The van der Waals surface area contributed by atoms with E-state index in [9.17, 15) is 0 Å². The van der Waals surface area contributed by atoms with Crippen molar-refractivity contribution in [3.63, 3.8) is 0 Å². The third-order valence-electron chi connectivity index (χ3n) is 15.1. The molecule has 0 saturated carbocycles. The van der Waals surface area contributed by atoms with Crippen molar-refractivity contribution in [2.45, 2.75) is 0 Å². The fourth-order valence-corrected chi connectivity index (χ4v) is 11.4. The van der Waals surface area contributed by atoms with Crippen LogP contribution in [0.2, 0.25) is 0 Å². The molecule has 0 N–H and O–H groups in total. The van der Waals surface area contributed by atoms with Crippen molar-refractivity contribution in [3.05, 3.63) is 297 Å². The number of hydrogen-bond acceptors (Lipinski definition) is 3. The summed E-state index contributed by atoms with van der Waals surface area (Å²) in [5, 5.41) is 4.58. The van der Waals surface area contributed by atoms with Gasteiger partial charge in [0.05, 0.1) is 11.0 Å². The molecule has 11 aromatic carbocycles. The van der Waals surface area contributed by atoms with Gasteiger partial charge in [0.1, 0.15) is 11.2 Å². The summed E-state index contributed by atoms with van der Waals surface area (Å²) in [7, 11) is 0. The summed E-state index contributed by atoms with van der Waals surface area (Å²) in [6.45, 7) is 5.13. The average molecular weight is 986 g/mol. The van der Waals surface area contributed by atoms with Crippen molar-refractivity contribution >= 4 is 77.8 Å². The van der Waals surface area contributed by atoms with E-state index in [2.05, 4.69) is 306 Å². The molecule has 0 bridgehead atoms. The van der Waals surface area contributed by atoms with Crippen LogP contribution in [0.15, 0.2) is 296 Å². The van der Waals surface area contributed by atoms with Gasteiger partial charge in [-0.25, -0.2) is 0 Å². The Kier molecular flexibility index (Phi) is 11.4. The molecule has 4 nitrogen and oxygen atoms in total. The van der Waals surface area contributed by atoms with E-state index in [0.29, 0.717) is 6.54 Å². The molecule has 0 unspecified atom stereocenters. The lowest BCUT2D eigenvalue weighted by Crippen LogP contribution is -2.18. The predicted octanol–water partition coefficient (Wildman–Crippen LogP) is 20.1. The zero-order chi connectivity index (χ0) is 51.2. The van der Waals surface area contributed by atoms with Gasteiger partial charge in [-0.05, 0) is 153 Å². The Hall–Kier alpha value is -10.2. The van der Waals surface area contributed by atoms with Gasteiger partial charge >= 0.3 is 0 Å². The molecule has 0 aliphatic carbocycles. The first-order chi connectivity index (χ1) is 38.1. The molecular weight excluding hydrogens is 935 g/mol. The van der Waals surface area contributed by atoms with Gasteiger partial charge in [0, 0.05) is 67.8 Å². The second-order valence-corrected chi connectivity index (χ2v) is 19.8. The predicted molar refractivity (Wildman–Crippen MR) is 325 cm³/mol. The van der Waals surface area contributed by atoms with Crippen molar-refractivity contribution in [1.29, 1.82) is 0 Å². The molecule has 0 saturated heterocycles. The first-order valence-corrected chi connectivity index (χ1v) is 26.3. The molecule has 4 heteroatoms. The van der Waals surface area contributed by atoms with E-state index >= 15 is 0 Å². The summed E-state index contributed by atoms with van der Waals surface area (Å²) >= 11 is 0. The van der Waals surface area contributed by atoms with Crippen LogP contribution in [0.1, 0.15) is 5.56 Å². The minimum absolute atomic E-state index is 0.708. The smallest absolute Gasteiger partial charge is 0.135 e. The lowest BCUT2D eigenvalue weighted by molar-refractivity contribution is 0.669. The summed E-state index contributed by atoms with van der Waals surface area (Å²) in [6, 6.07) is 94.3. The third kappa shape index (κ3) is 8.39. The number of hydrogen-bond donors (Lipinski definition) is 0. The van der Waals surface area contributed by atoms with Gasteiger partial charge in [0.15, 0.2) is 0 Å². The first-order valence-electron chi connectivity index (χ1n) is 26.3. The highest BCUT2D eigenvalue weighted by molar-refractivity contribution is 6.10. The van der Waals surface area contributed by atoms with Gasteiger partial charge in [-0.3, -0.25) is 0 Å². The number of benzene rings is 11. The van der Waals surface area contributed by atoms with E-state index in [1.165, 1.54) is 33.0 Å². The van der Waals surface area contributed by atoms with Crippen LogP contribution in [0.25, 0.3) is 99.5 Å². The standard InChI is InChI=1S/C73H51N3O/c1-50-18-5-4-16-43-74(69-28-13-10-25-64(50)69)61-40-42-73-68(49-61)67-48-56(35-41-72(67)77-73)58-44-57(46-63(47-58)76-70-29-14-11-26-65(70)66-27-12-15-30-71(66)76)55-23-17-24-62(45-55)75(59-36-31-53(32-37-59)51-19-6-2-7-20-51)60-38-33-54(34-39-60)52-21-8-3-9-22-52/h2-42,44-49H,1,43H2/b16-4-,18-5-. The Balaban J connectivity index is 0.925. The number of para-hydroxylation sites is 3. The normalized spacial score (nSPS) is 13.4. The summed E-state index contributed by atoms with van der Waals surface area (Å²) in [5.74, 6) is 0. The topological polar surface area (TPSA) is 24.6 Å². The summed E-state index contributed by atoms with van der Waals surface area (Å²) < 4.78 is 9.04. The number of furan rings is 1.